The van der Waals surface area contributed by atoms with Crippen LogP contribution >= 0.6 is 0 Å². The number of amides is 3. The van der Waals surface area contributed by atoms with Gasteiger partial charge in [0.15, 0.2) is 11.5 Å². The van der Waals surface area contributed by atoms with E-state index in [-0.39, 0.29) is 18.0 Å². The number of morpholine rings is 1. The molecule has 8 nitrogen and oxygen atoms in total. The Hall–Kier alpha value is -2.48. The van der Waals surface area contributed by atoms with E-state index in [2.05, 4.69) is 5.32 Å². The minimum absolute atomic E-state index is 0.0314. The number of fused-ring (bicyclic) bond motifs is 1. The molecule has 2 aliphatic heterocycles. The number of carbonyl (C=O) groups is 2. The van der Waals surface area contributed by atoms with Crippen molar-refractivity contribution in [1.29, 1.82) is 0 Å². The predicted octanol–water partition coefficient (Wildman–Crippen LogP) is 1.24. The number of hydrogen-bond acceptors (Lipinski definition) is 5. The second-order valence-corrected chi connectivity index (χ2v) is 6.72. The molecule has 8 heteroatoms. The van der Waals surface area contributed by atoms with Gasteiger partial charge in [0.05, 0.1) is 33.0 Å². The van der Waals surface area contributed by atoms with Gasteiger partial charge in [0.1, 0.15) is 0 Å². The fourth-order valence-electron chi connectivity index (χ4n) is 3.34. The maximum atomic E-state index is 12.7. The smallest absolute Gasteiger partial charge is 0.317 e. The highest BCUT2D eigenvalue weighted by Crippen LogP contribution is 2.33. The second kappa shape index (κ2) is 8.94. The molecule has 0 saturated carbocycles. The van der Waals surface area contributed by atoms with Crippen LogP contribution in [0.15, 0.2) is 18.2 Å². The SMILES string of the molecule is COc1cccc2c1OCCCN(C(=O)NC[C@H]1CN(C(C)=O)CCO1)C2. The Kier molecular flexibility index (Phi) is 6.39. The van der Waals surface area contributed by atoms with Crippen LogP contribution in [0.3, 0.4) is 0 Å². The number of urea groups is 1. The molecule has 1 aromatic carbocycles. The molecule has 3 rings (SSSR count). The van der Waals surface area contributed by atoms with Crippen LogP contribution in [0.1, 0.15) is 18.9 Å². The van der Waals surface area contributed by atoms with E-state index in [1.807, 2.05) is 18.2 Å². The first-order chi connectivity index (χ1) is 13.1. The van der Waals surface area contributed by atoms with E-state index in [1.54, 1.807) is 23.8 Å². The normalized spacial score (nSPS) is 20.0. The van der Waals surface area contributed by atoms with Crippen molar-refractivity contribution in [2.24, 2.45) is 0 Å². The fourth-order valence-corrected chi connectivity index (χ4v) is 3.34. The summed E-state index contributed by atoms with van der Waals surface area (Å²) in [5.41, 5.74) is 0.917. The van der Waals surface area contributed by atoms with E-state index in [4.69, 9.17) is 14.2 Å². The van der Waals surface area contributed by atoms with E-state index >= 15 is 0 Å². The third-order valence-electron chi connectivity index (χ3n) is 4.81. The van der Waals surface area contributed by atoms with E-state index < -0.39 is 0 Å². The van der Waals surface area contributed by atoms with Crippen molar-refractivity contribution >= 4 is 11.9 Å². The number of nitrogens with one attached hydrogen (secondary N) is 1. The largest absolute Gasteiger partial charge is 0.493 e. The lowest BCUT2D eigenvalue weighted by molar-refractivity contribution is -0.136. The first-order valence-electron chi connectivity index (χ1n) is 9.27. The van der Waals surface area contributed by atoms with Gasteiger partial charge in [0.25, 0.3) is 0 Å². The van der Waals surface area contributed by atoms with E-state index in [9.17, 15) is 9.59 Å². The Morgan fingerprint density at radius 2 is 2.11 bits per heavy atom. The van der Waals surface area contributed by atoms with E-state index in [0.29, 0.717) is 57.4 Å². The Bertz CT molecular complexity index is 681. The van der Waals surface area contributed by atoms with Gasteiger partial charge in [-0.2, -0.15) is 0 Å². The Balaban J connectivity index is 1.60. The summed E-state index contributed by atoms with van der Waals surface area (Å²) in [5, 5.41) is 2.94. The highest BCUT2D eigenvalue weighted by molar-refractivity contribution is 5.75. The average Bonchev–Trinajstić information content (AvgIpc) is 2.66. The molecule has 1 fully saturated rings. The number of nitrogens with zero attached hydrogens (tertiary/aromatic N) is 2. The Morgan fingerprint density at radius 3 is 2.89 bits per heavy atom. The minimum atomic E-state index is -0.183. The number of carbonyl (C=O) groups excluding carboxylic acids is 2. The monoisotopic (exact) mass is 377 g/mol. The van der Waals surface area contributed by atoms with Crippen LogP contribution in [-0.2, 0) is 16.1 Å². The summed E-state index contributed by atoms with van der Waals surface area (Å²) in [7, 11) is 1.61. The summed E-state index contributed by atoms with van der Waals surface area (Å²) in [5.74, 6) is 1.41. The molecule has 0 spiro atoms. The molecule has 0 aliphatic carbocycles. The molecule has 2 aliphatic rings. The maximum absolute atomic E-state index is 12.7. The zero-order valence-electron chi connectivity index (χ0n) is 15.9. The van der Waals surface area contributed by atoms with Crippen LogP contribution in [0.4, 0.5) is 4.79 Å². The zero-order valence-corrected chi connectivity index (χ0v) is 15.9. The summed E-state index contributed by atoms with van der Waals surface area (Å²) in [6, 6.07) is 5.55. The molecule has 27 heavy (non-hydrogen) atoms. The second-order valence-electron chi connectivity index (χ2n) is 6.72. The van der Waals surface area contributed by atoms with Crippen LogP contribution in [0.25, 0.3) is 0 Å². The lowest BCUT2D eigenvalue weighted by Crippen LogP contribution is -2.51. The standard InChI is InChI=1S/C19H27N3O5/c1-14(23)21-8-10-26-16(13-21)11-20-19(24)22-7-4-9-27-18-15(12-22)5-3-6-17(18)25-2/h3,5-6,16H,4,7-13H2,1-2H3,(H,20,24)/t16-/m0/s1. The molecule has 0 radical (unpaired) electrons. The van der Waals surface area contributed by atoms with Crippen LogP contribution < -0.4 is 14.8 Å². The van der Waals surface area contributed by atoms with Crippen LogP contribution in [-0.4, -0.2) is 74.3 Å². The van der Waals surface area contributed by atoms with Crippen molar-refractivity contribution in [3.8, 4) is 11.5 Å². The number of methoxy groups -OCH3 is 1. The predicted molar refractivity (Wildman–Crippen MR) is 98.9 cm³/mol. The van der Waals surface area contributed by atoms with Crippen LogP contribution in [0.5, 0.6) is 11.5 Å². The Labute approximate surface area is 159 Å². The average molecular weight is 377 g/mol. The third kappa shape index (κ3) is 4.82. The summed E-state index contributed by atoms with van der Waals surface area (Å²) < 4.78 is 16.9. The quantitative estimate of drug-likeness (QED) is 0.857. The van der Waals surface area contributed by atoms with Gasteiger partial charge < -0.3 is 29.3 Å². The van der Waals surface area contributed by atoms with Crippen molar-refractivity contribution in [3.63, 3.8) is 0 Å². The first-order valence-corrected chi connectivity index (χ1v) is 9.27. The van der Waals surface area contributed by atoms with Gasteiger partial charge in [-0.15, -0.1) is 0 Å². The number of para-hydroxylation sites is 1. The molecule has 0 bridgehead atoms. The zero-order chi connectivity index (χ0) is 19.2. The lowest BCUT2D eigenvalue weighted by atomic mass is 10.1. The Morgan fingerprint density at radius 1 is 1.26 bits per heavy atom. The van der Waals surface area contributed by atoms with Crippen molar-refractivity contribution < 1.29 is 23.8 Å². The minimum Gasteiger partial charge on any atom is -0.493 e. The summed E-state index contributed by atoms with van der Waals surface area (Å²) >= 11 is 0. The van der Waals surface area contributed by atoms with Crippen LogP contribution in [0.2, 0.25) is 0 Å². The molecule has 1 atom stereocenters. The molecule has 3 amide bonds. The highest BCUT2D eigenvalue weighted by Gasteiger charge is 2.25. The number of hydrogen-bond donors (Lipinski definition) is 1. The van der Waals surface area contributed by atoms with Gasteiger partial charge in [-0.25, -0.2) is 4.79 Å². The summed E-state index contributed by atoms with van der Waals surface area (Å²) in [6.07, 6.45) is 0.556. The van der Waals surface area contributed by atoms with Crippen molar-refractivity contribution in [2.45, 2.75) is 26.0 Å². The van der Waals surface area contributed by atoms with Gasteiger partial charge in [-0.1, -0.05) is 12.1 Å². The van der Waals surface area contributed by atoms with E-state index in [0.717, 1.165) is 12.0 Å². The van der Waals surface area contributed by atoms with Crippen LogP contribution in [0, 0.1) is 0 Å². The van der Waals surface area contributed by atoms with Crippen molar-refractivity contribution in [2.75, 3.05) is 46.5 Å². The molecule has 0 unspecified atom stereocenters. The molecule has 2 heterocycles. The first kappa shape index (κ1) is 19.3. The number of rotatable bonds is 3. The maximum Gasteiger partial charge on any atom is 0.317 e. The summed E-state index contributed by atoms with van der Waals surface area (Å²) in [4.78, 5) is 27.7. The molecule has 148 valence electrons. The third-order valence-corrected chi connectivity index (χ3v) is 4.81. The van der Waals surface area contributed by atoms with Gasteiger partial charge in [-0.3, -0.25) is 4.79 Å². The molecule has 0 aromatic heterocycles. The van der Waals surface area contributed by atoms with Gasteiger partial charge >= 0.3 is 6.03 Å². The lowest BCUT2D eigenvalue weighted by Gasteiger charge is -2.33. The van der Waals surface area contributed by atoms with Gasteiger partial charge in [0.2, 0.25) is 5.91 Å². The molecule has 1 saturated heterocycles. The fraction of sp³-hybridized carbons (Fsp3) is 0.579. The topological polar surface area (TPSA) is 80.3 Å². The van der Waals surface area contributed by atoms with Crippen molar-refractivity contribution in [1.82, 2.24) is 15.1 Å². The summed E-state index contributed by atoms with van der Waals surface area (Å²) in [6.45, 7) is 5.10. The number of ether oxygens (including phenoxy) is 3. The molecular formula is C19H27N3O5. The van der Waals surface area contributed by atoms with Crippen molar-refractivity contribution in [3.05, 3.63) is 23.8 Å². The van der Waals surface area contributed by atoms with Gasteiger partial charge in [-0.05, 0) is 12.5 Å². The van der Waals surface area contributed by atoms with E-state index in [1.165, 1.54) is 0 Å². The molecule has 1 aromatic rings. The highest BCUT2D eigenvalue weighted by atomic mass is 16.5. The van der Waals surface area contributed by atoms with Gasteiger partial charge in [0, 0.05) is 38.7 Å². The number of benzene rings is 1. The molecule has 1 N–H and O–H groups in total. The molecular weight excluding hydrogens is 350 g/mol.